The first-order chi connectivity index (χ1) is 12.0. The van der Waals surface area contributed by atoms with Gasteiger partial charge in [-0.1, -0.05) is 0 Å². The summed E-state index contributed by atoms with van der Waals surface area (Å²) >= 11 is 0. The second-order valence-electron chi connectivity index (χ2n) is 6.31. The van der Waals surface area contributed by atoms with Crippen LogP contribution in [-0.4, -0.2) is 58.2 Å². The van der Waals surface area contributed by atoms with Gasteiger partial charge in [0.25, 0.3) is 0 Å². The fourth-order valence-electron chi connectivity index (χ4n) is 3.06. The van der Waals surface area contributed by atoms with Gasteiger partial charge in [-0.05, 0) is 49.9 Å². The third-order valence-corrected chi connectivity index (χ3v) is 5.93. The molecule has 1 aromatic rings. The summed E-state index contributed by atoms with van der Waals surface area (Å²) < 4.78 is 38.0. The lowest BCUT2D eigenvalue weighted by atomic mass is 10.3. The number of sulfonamides is 1. The van der Waals surface area contributed by atoms with E-state index < -0.39 is 10.0 Å². The van der Waals surface area contributed by atoms with Crippen LogP contribution in [-0.2, 0) is 19.6 Å². The maximum atomic E-state index is 12.3. The SMILES string of the molecule is O=C(CNS(=O)(=O)c1ccc(OC2CCCC2)cc1)N1CCOCC1. The van der Waals surface area contributed by atoms with Gasteiger partial charge in [0.15, 0.2) is 0 Å². The predicted octanol–water partition coefficient (Wildman–Crippen LogP) is 1.15. The van der Waals surface area contributed by atoms with Crippen molar-refractivity contribution >= 4 is 15.9 Å². The number of hydrogen-bond acceptors (Lipinski definition) is 5. The number of hydrogen-bond donors (Lipinski definition) is 1. The molecule has 3 rings (SSSR count). The summed E-state index contributed by atoms with van der Waals surface area (Å²) in [5, 5.41) is 0. The number of rotatable bonds is 6. The zero-order valence-corrected chi connectivity index (χ0v) is 15.0. The van der Waals surface area contributed by atoms with Crippen molar-refractivity contribution in [2.45, 2.75) is 36.7 Å². The van der Waals surface area contributed by atoms with Crippen molar-refractivity contribution in [2.75, 3.05) is 32.8 Å². The minimum absolute atomic E-state index is 0.126. The quantitative estimate of drug-likeness (QED) is 0.814. The van der Waals surface area contributed by atoms with E-state index in [1.807, 2.05) is 0 Å². The average Bonchev–Trinajstić information content (AvgIpc) is 3.14. The highest BCUT2D eigenvalue weighted by Gasteiger charge is 2.21. The maximum absolute atomic E-state index is 12.3. The largest absolute Gasteiger partial charge is 0.490 e. The van der Waals surface area contributed by atoms with E-state index in [1.165, 1.54) is 25.0 Å². The van der Waals surface area contributed by atoms with Crippen LogP contribution in [0.2, 0.25) is 0 Å². The zero-order chi connectivity index (χ0) is 17.7. The van der Waals surface area contributed by atoms with E-state index in [9.17, 15) is 13.2 Å². The summed E-state index contributed by atoms with van der Waals surface area (Å²) in [5.74, 6) is 0.434. The van der Waals surface area contributed by atoms with E-state index in [1.54, 1.807) is 17.0 Å². The van der Waals surface area contributed by atoms with E-state index in [4.69, 9.17) is 9.47 Å². The van der Waals surface area contributed by atoms with Gasteiger partial charge in [0.1, 0.15) is 5.75 Å². The second kappa shape index (κ2) is 8.16. The third kappa shape index (κ3) is 4.93. The number of nitrogens with zero attached hydrogens (tertiary/aromatic N) is 1. The molecule has 0 spiro atoms. The molecule has 1 heterocycles. The molecule has 0 aromatic heterocycles. The molecular weight excluding hydrogens is 344 g/mol. The fraction of sp³-hybridized carbons (Fsp3) is 0.588. The van der Waals surface area contributed by atoms with Crippen LogP contribution >= 0.6 is 0 Å². The molecule has 1 aliphatic carbocycles. The van der Waals surface area contributed by atoms with E-state index in [0.717, 1.165) is 12.8 Å². The van der Waals surface area contributed by atoms with Gasteiger partial charge in [0.05, 0.1) is 30.8 Å². The highest BCUT2D eigenvalue weighted by molar-refractivity contribution is 7.89. The highest BCUT2D eigenvalue weighted by Crippen LogP contribution is 2.24. The molecule has 0 bridgehead atoms. The van der Waals surface area contributed by atoms with Gasteiger partial charge in [-0.3, -0.25) is 4.79 Å². The van der Waals surface area contributed by atoms with Crippen LogP contribution < -0.4 is 9.46 Å². The minimum atomic E-state index is -3.72. The van der Waals surface area contributed by atoms with Crippen LogP contribution in [0.4, 0.5) is 0 Å². The monoisotopic (exact) mass is 368 g/mol. The molecule has 0 atom stereocenters. The second-order valence-corrected chi connectivity index (χ2v) is 8.08. The molecule has 1 N–H and O–H groups in total. The number of carbonyl (C=O) groups excluding carboxylic acids is 1. The molecule has 1 amide bonds. The van der Waals surface area contributed by atoms with Crippen molar-refractivity contribution in [1.82, 2.24) is 9.62 Å². The first-order valence-corrected chi connectivity index (χ1v) is 10.1. The van der Waals surface area contributed by atoms with Crippen molar-refractivity contribution in [3.8, 4) is 5.75 Å². The molecule has 1 saturated carbocycles. The number of ether oxygens (including phenoxy) is 2. The van der Waals surface area contributed by atoms with Gasteiger partial charge in [-0.25, -0.2) is 13.1 Å². The number of amides is 1. The summed E-state index contributed by atoms with van der Waals surface area (Å²) in [4.78, 5) is 13.8. The summed E-state index contributed by atoms with van der Waals surface area (Å²) in [5.41, 5.74) is 0. The molecule has 0 unspecified atom stereocenters. The van der Waals surface area contributed by atoms with Crippen molar-refractivity contribution in [2.24, 2.45) is 0 Å². The van der Waals surface area contributed by atoms with Crippen LogP contribution in [0.15, 0.2) is 29.2 Å². The Morgan fingerprint density at radius 3 is 2.44 bits per heavy atom. The van der Waals surface area contributed by atoms with E-state index in [2.05, 4.69) is 4.72 Å². The zero-order valence-electron chi connectivity index (χ0n) is 14.1. The molecule has 25 heavy (non-hydrogen) atoms. The maximum Gasteiger partial charge on any atom is 0.241 e. The lowest BCUT2D eigenvalue weighted by molar-refractivity contribution is -0.133. The van der Waals surface area contributed by atoms with Crippen molar-refractivity contribution in [1.29, 1.82) is 0 Å². The van der Waals surface area contributed by atoms with Gasteiger partial charge in [0, 0.05) is 13.1 Å². The van der Waals surface area contributed by atoms with Crippen LogP contribution in [0.5, 0.6) is 5.75 Å². The lowest BCUT2D eigenvalue weighted by Crippen LogP contribution is -2.45. The Bertz CT molecular complexity index is 677. The summed E-state index contributed by atoms with van der Waals surface area (Å²) in [6.07, 6.45) is 4.68. The first-order valence-electron chi connectivity index (χ1n) is 8.66. The Kier molecular flexibility index (Phi) is 5.93. The molecule has 1 saturated heterocycles. The van der Waals surface area contributed by atoms with Crippen LogP contribution in [0, 0.1) is 0 Å². The molecule has 138 valence electrons. The molecule has 7 nitrogen and oxygen atoms in total. The fourth-order valence-corrected chi connectivity index (χ4v) is 4.04. The van der Waals surface area contributed by atoms with E-state index in [0.29, 0.717) is 32.1 Å². The molecule has 1 aromatic carbocycles. The molecule has 0 radical (unpaired) electrons. The lowest BCUT2D eigenvalue weighted by Gasteiger charge is -2.26. The molecule has 2 aliphatic rings. The average molecular weight is 368 g/mol. The van der Waals surface area contributed by atoms with Gasteiger partial charge >= 0.3 is 0 Å². The number of benzene rings is 1. The molecular formula is C17H24N2O5S. The Morgan fingerprint density at radius 2 is 1.80 bits per heavy atom. The van der Waals surface area contributed by atoms with Gasteiger partial charge in [-0.2, -0.15) is 0 Å². The van der Waals surface area contributed by atoms with E-state index >= 15 is 0 Å². The van der Waals surface area contributed by atoms with Crippen LogP contribution in [0.25, 0.3) is 0 Å². The van der Waals surface area contributed by atoms with Crippen molar-refractivity contribution < 1.29 is 22.7 Å². The topological polar surface area (TPSA) is 84.9 Å². The Morgan fingerprint density at radius 1 is 1.16 bits per heavy atom. The van der Waals surface area contributed by atoms with Gasteiger partial charge < -0.3 is 14.4 Å². The smallest absolute Gasteiger partial charge is 0.241 e. The summed E-state index contributed by atoms with van der Waals surface area (Å²) in [7, 11) is -3.72. The van der Waals surface area contributed by atoms with Crippen molar-refractivity contribution in [3.63, 3.8) is 0 Å². The molecule has 1 aliphatic heterocycles. The van der Waals surface area contributed by atoms with Crippen molar-refractivity contribution in [3.05, 3.63) is 24.3 Å². The van der Waals surface area contributed by atoms with Crippen LogP contribution in [0.3, 0.4) is 0 Å². The number of nitrogens with one attached hydrogen (secondary N) is 1. The Labute approximate surface area is 148 Å². The molecule has 2 fully saturated rings. The van der Waals surface area contributed by atoms with Crippen LogP contribution in [0.1, 0.15) is 25.7 Å². The standard InChI is InChI=1S/C17H24N2O5S/c20-17(19-9-11-23-12-10-19)13-18-25(21,22)16-7-5-15(6-8-16)24-14-3-1-2-4-14/h5-8,14,18H,1-4,9-13H2. The first kappa shape index (κ1) is 18.2. The normalized spacial score (nSPS) is 19.1. The number of carbonyl (C=O) groups is 1. The highest BCUT2D eigenvalue weighted by atomic mass is 32.2. The Hall–Kier alpha value is -1.64. The van der Waals surface area contributed by atoms with Gasteiger partial charge in [0.2, 0.25) is 15.9 Å². The predicted molar refractivity (Wildman–Crippen MR) is 91.9 cm³/mol. The third-order valence-electron chi connectivity index (χ3n) is 4.52. The van der Waals surface area contributed by atoms with Gasteiger partial charge in [-0.15, -0.1) is 0 Å². The summed E-state index contributed by atoms with van der Waals surface area (Å²) in [6.45, 7) is 1.71. The summed E-state index contributed by atoms with van der Waals surface area (Å²) in [6, 6.07) is 6.34. The number of morpholine rings is 1. The Balaban J connectivity index is 1.54. The minimum Gasteiger partial charge on any atom is -0.490 e. The molecule has 8 heteroatoms. The van der Waals surface area contributed by atoms with E-state index in [-0.39, 0.29) is 23.5 Å².